The van der Waals surface area contributed by atoms with Crippen LogP contribution in [0.5, 0.6) is 0 Å². The van der Waals surface area contributed by atoms with Crippen molar-refractivity contribution in [3.63, 3.8) is 0 Å². The summed E-state index contributed by atoms with van der Waals surface area (Å²) in [5, 5.41) is 19.9. The van der Waals surface area contributed by atoms with Crippen molar-refractivity contribution in [2.24, 2.45) is 0 Å². The summed E-state index contributed by atoms with van der Waals surface area (Å²) in [7, 11) is 0. The normalized spacial score (nSPS) is 10.6. The Morgan fingerprint density at radius 3 is 1.22 bits per heavy atom. The fraction of sp³-hybridized carbons (Fsp3) is 0. The van der Waals surface area contributed by atoms with E-state index in [1.807, 2.05) is 60.7 Å². The fourth-order valence-electron chi connectivity index (χ4n) is 5.95. The molecule has 2 nitrogen and oxygen atoms in total. The van der Waals surface area contributed by atoms with E-state index in [1.165, 1.54) is 5.56 Å². The monoisotopic (exact) mass is 584 g/mol. The topological polar surface area (TPSA) is 47.6 Å². The van der Waals surface area contributed by atoms with Crippen molar-refractivity contribution < 1.29 is 0 Å². The first kappa shape index (κ1) is 28.3. The highest BCUT2D eigenvalue weighted by atomic mass is 14.3. The summed E-state index contributed by atoms with van der Waals surface area (Å²) in [6, 6.07) is 62.6. The Kier molecular flexibility index (Phi) is 7.77. The molecule has 0 spiro atoms. The number of hydrogen-bond acceptors (Lipinski definition) is 2. The van der Waals surface area contributed by atoms with Gasteiger partial charge in [0, 0.05) is 0 Å². The van der Waals surface area contributed by atoms with Crippen LogP contribution in [-0.2, 0) is 0 Å². The molecule has 0 atom stereocenters. The van der Waals surface area contributed by atoms with E-state index < -0.39 is 0 Å². The van der Waals surface area contributed by atoms with Crippen LogP contribution in [-0.4, -0.2) is 0 Å². The van der Waals surface area contributed by atoms with Crippen molar-refractivity contribution in [2.45, 2.75) is 0 Å². The molecule has 0 N–H and O–H groups in total. The van der Waals surface area contributed by atoms with Crippen molar-refractivity contribution >= 4 is 0 Å². The van der Waals surface area contributed by atoms with E-state index in [9.17, 15) is 10.5 Å². The summed E-state index contributed by atoms with van der Waals surface area (Å²) in [6.07, 6.45) is 0. The summed E-state index contributed by atoms with van der Waals surface area (Å²) in [6.45, 7) is 0. The van der Waals surface area contributed by atoms with Gasteiger partial charge in [0.05, 0.1) is 23.3 Å². The molecule has 7 rings (SSSR count). The van der Waals surface area contributed by atoms with Crippen LogP contribution >= 0.6 is 0 Å². The van der Waals surface area contributed by atoms with Gasteiger partial charge in [-0.25, -0.2) is 0 Å². The number of nitriles is 2. The minimum Gasteiger partial charge on any atom is -0.192 e. The van der Waals surface area contributed by atoms with Crippen LogP contribution in [0.1, 0.15) is 11.1 Å². The van der Waals surface area contributed by atoms with E-state index in [1.54, 1.807) is 0 Å². The van der Waals surface area contributed by atoms with Gasteiger partial charge in [0.15, 0.2) is 0 Å². The van der Waals surface area contributed by atoms with Crippen LogP contribution in [0.2, 0.25) is 0 Å². The van der Waals surface area contributed by atoms with E-state index in [4.69, 9.17) is 0 Å². The lowest BCUT2D eigenvalue weighted by atomic mass is 9.92. The Morgan fingerprint density at radius 2 is 0.674 bits per heavy atom. The number of rotatable bonds is 6. The van der Waals surface area contributed by atoms with Gasteiger partial charge < -0.3 is 0 Å². The third-order valence-electron chi connectivity index (χ3n) is 8.34. The minimum atomic E-state index is 0.632. The molecule has 0 aliphatic rings. The van der Waals surface area contributed by atoms with Gasteiger partial charge >= 0.3 is 0 Å². The van der Waals surface area contributed by atoms with Crippen LogP contribution in [0.3, 0.4) is 0 Å². The lowest BCUT2D eigenvalue weighted by molar-refractivity contribution is 1.47. The third-order valence-corrected chi connectivity index (χ3v) is 8.34. The first-order valence-electron chi connectivity index (χ1n) is 15.2. The zero-order valence-corrected chi connectivity index (χ0v) is 25.1. The third kappa shape index (κ3) is 5.85. The number of benzene rings is 7. The molecule has 0 aliphatic heterocycles. The SMILES string of the molecule is N#Cc1cc(-c2ccccc2)cc(-c2cccc(-c3cccc(-c4ccc(-c5ccc(-c6ccccc6)cc5)c(C#N)c4)c3)c2)c1. The molecule has 0 bridgehead atoms. The Morgan fingerprint density at radius 1 is 0.283 bits per heavy atom. The maximum atomic E-state index is 10.1. The van der Waals surface area contributed by atoms with Crippen molar-refractivity contribution in [3.05, 3.63) is 181 Å². The largest absolute Gasteiger partial charge is 0.192 e. The molecule has 46 heavy (non-hydrogen) atoms. The second-order valence-electron chi connectivity index (χ2n) is 11.3. The molecule has 0 heterocycles. The smallest absolute Gasteiger partial charge is 0.0998 e. The van der Waals surface area contributed by atoms with E-state index in [0.717, 1.165) is 61.2 Å². The van der Waals surface area contributed by atoms with Gasteiger partial charge in [-0.2, -0.15) is 10.5 Å². The Labute approximate surface area is 269 Å². The molecule has 0 amide bonds. The number of hydrogen-bond donors (Lipinski definition) is 0. The van der Waals surface area contributed by atoms with Crippen LogP contribution in [0, 0.1) is 22.7 Å². The zero-order chi connectivity index (χ0) is 31.3. The zero-order valence-electron chi connectivity index (χ0n) is 25.1. The first-order chi connectivity index (χ1) is 22.7. The van der Waals surface area contributed by atoms with E-state index in [0.29, 0.717) is 11.1 Å². The van der Waals surface area contributed by atoms with Crippen LogP contribution in [0.4, 0.5) is 0 Å². The molecular formula is C44H28N2. The molecule has 0 unspecified atom stereocenters. The fourth-order valence-corrected chi connectivity index (χ4v) is 5.95. The molecule has 0 aliphatic carbocycles. The van der Waals surface area contributed by atoms with Crippen molar-refractivity contribution in [2.75, 3.05) is 0 Å². The average molecular weight is 585 g/mol. The quantitative estimate of drug-likeness (QED) is 0.195. The highest BCUT2D eigenvalue weighted by molar-refractivity contribution is 5.82. The second-order valence-corrected chi connectivity index (χ2v) is 11.3. The van der Waals surface area contributed by atoms with E-state index in [2.05, 4.69) is 121 Å². The predicted molar refractivity (Wildman–Crippen MR) is 188 cm³/mol. The molecule has 7 aromatic carbocycles. The minimum absolute atomic E-state index is 0.632. The highest BCUT2D eigenvalue weighted by Crippen LogP contribution is 2.34. The lowest BCUT2D eigenvalue weighted by Crippen LogP contribution is -1.88. The van der Waals surface area contributed by atoms with Crippen molar-refractivity contribution in [1.29, 1.82) is 10.5 Å². The Bertz CT molecular complexity index is 2250. The Balaban J connectivity index is 1.19. The summed E-state index contributed by atoms with van der Waals surface area (Å²) in [5.41, 5.74) is 13.9. The van der Waals surface area contributed by atoms with Gasteiger partial charge in [0.1, 0.15) is 0 Å². The van der Waals surface area contributed by atoms with Gasteiger partial charge in [-0.05, 0) is 103 Å². The second kappa shape index (κ2) is 12.6. The van der Waals surface area contributed by atoms with Gasteiger partial charge in [-0.3, -0.25) is 0 Å². The van der Waals surface area contributed by atoms with Crippen LogP contribution in [0.25, 0.3) is 66.8 Å². The predicted octanol–water partition coefficient (Wildman–Crippen LogP) is 11.4. The molecule has 2 heteroatoms. The summed E-state index contributed by atoms with van der Waals surface area (Å²) in [5.74, 6) is 0. The highest BCUT2D eigenvalue weighted by Gasteiger charge is 2.11. The molecule has 0 saturated carbocycles. The summed E-state index contributed by atoms with van der Waals surface area (Å²) >= 11 is 0. The molecule has 0 radical (unpaired) electrons. The molecule has 7 aromatic rings. The van der Waals surface area contributed by atoms with Crippen molar-refractivity contribution in [3.8, 4) is 78.9 Å². The molecule has 214 valence electrons. The lowest BCUT2D eigenvalue weighted by Gasteiger charge is -2.12. The van der Waals surface area contributed by atoms with Crippen LogP contribution < -0.4 is 0 Å². The molecule has 0 aromatic heterocycles. The Hall–Kier alpha value is -6.48. The summed E-state index contributed by atoms with van der Waals surface area (Å²) < 4.78 is 0. The maximum Gasteiger partial charge on any atom is 0.0998 e. The molecule has 0 saturated heterocycles. The standard InChI is InChI=1S/C44H28N2/c45-29-31-23-41(33-11-5-2-6-12-33)28-42(24-31)39-16-8-14-37(26-39)36-13-7-15-38(25-36)40-21-22-44(43(27-40)30-46)35-19-17-34(18-20-35)32-9-3-1-4-10-32/h1-28H. The summed E-state index contributed by atoms with van der Waals surface area (Å²) in [4.78, 5) is 0. The van der Waals surface area contributed by atoms with Gasteiger partial charge in [0.25, 0.3) is 0 Å². The average Bonchev–Trinajstić information content (AvgIpc) is 3.15. The molecule has 0 fully saturated rings. The van der Waals surface area contributed by atoms with E-state index in [-0.39, 0.29) is 0 Å². The number of nitrogens with zero attached hydrogens (tertiary/aromatic N) is 2. The van der Waals surface area contributed by atoms with Gasteiger partial charge in [0.2, 0.25) is 0 Å². The first-order valence-corrected chi connectivity index (χ1v) is 15.2. The maximum absolute atomic E-state index is 10.1. The van der Waals surface area contributed by atoms with Gasteiger partial charge in [-0.15, -0.1) is 0 Å². The van der Waals surface area contributed by atoms with Crippen molar-refractivity contribution in [1.82, 2.24) is 0 Å². The van der Waals surface area contributed by atoms with Crippen LogP contribution in [0.15, 0.2) is 170 Å². The van der Waals surface area contributed by atoms with E-state index >= 15 is 0 Å². The van der Waals surface area contributed by atoms with Gasteiger partial charge in [-0.1, -0.05) is 133 Å². The molecular weight excluding hydrogens is 556 g/mol.